The number of benzene rings is 4. The van der Waals surface area contributed by atoms with E-state index in [9.17, 15) is 13.2 Å². The molecule has 5 nitrogen and oxygen atoms in total. The quantitative estimate of drug-likeness (QED) is 0.182. The third-order valence-electron chi connectivity index (χ3n) is 5.47. The van der Waals surface area contributed by atoms with E-state index in [0.29, 0.717) is 11.9 Å². The van der Waals surface area contributed by atoms with Crippen LogP contribution < -0.4 is 15.3 Å². The van der Waals surface area contributed by atoms with Crippen molar-refractivity contribution in [2.75, 3.05) is 0 Å². The Bertz CT molecular complexity index is 1350. The van der Waals surface area contributed by atoms with Crippen LogP contribution in [-0.2, 0) is 25.0 Å². The normalized spacial score (nSPS) is 11.7. The molecule has 4 rings (SSSR count). The van der Waals surface area contributed by atoms with Crippen molar-refractivity contribution in [1.82, 2.24) is 0 Å². The average Bonchev–Trinajstić information content (AvgIpc) is 2.86. The molecule has 0 atom stereocenters. The Kier molecular flexibility index (Phi) is 7.46. The fraction of sp³-hybridized carbons (Fsp3) is 0.107. The second-order valence-corrected chi connectivity index (χ2v) is 13.0. The molecule has 0 aliphatic carbocycles. The summed E-state index contributed by atoms with van der Waals surface area (Å²) in [4.78, 5) is 11.4. The highest BCUT2D eigenvalue weighted by Gasteiger charge is 2.50. The lowest BCUT2D eigenvalue weighted by molar-refractivity contribution is -0.131. The summed E-state index contributed by atoms with van der Waals surface area (Å²) in [6.45, 7) is 3.25. The maximum atomic E-state index is 13.6. The minimum Gasteiger partial charge on any atom is -0.427 e. The van der Waals surface area contributed by atoms with E-state index >= 15 is 0 Å². The number of hydrogen-bond donors (Lipinski definition) is 0. The van der Waals surface area contributed by atoms with Crippen LogP contribution in [0.4, 0.5) is 0 Å². The molecule has 0 aliphatic rings. The van der Waals surface area contributed by atoms with E-state index in [1.165, 1.54) is 6.92 Å². The second kappa shape index (κ2) is 10.5. The topological polar surface area (TPSA) is 69.7 Å². The second-order valence-electron chi connectivity index (χ2n) is 8.15. The van der Waals surface area contributed by atoms with Crippen LogP contribution >= 0.6 is 7.49 Å². The van der Waals surface area contributed by atoms with Crippen molar-refractivity contribution >= 4 is 34.2 Å². The lowest BCUT2D eigenvalue weighted by atomic mass is 10.2. The molecule has 0 saturated carbocycles. The minimum atomic E-state index is -4.10. The van der Waals surface area contributed by atoms with Gasteiger partial charge in [0.25, 0.3) is 0 Å². The first-order chi connectivity index (χ1) is 16.8. The molecule has 0 bridgehead atoms. The van der Waals surface area contributed by atoms with Crippen LogP contribution in [0.3, 0.4) is 0 Å². The first-order valence-electron chi connectivity index (χ1n) is 11.1. The molecule has 0 aromatic heterocycles. The van der Waals surface area contributed by atoms with Crippen molar-refractivity contribution < 1.29 is 21.9 Å². The zero-order chi connectivity index (χ0) is 24.9. The summed E-state index contributed by atoms with van der Waals surface area (Å²) in [5, 5.41) is 1.62. The molecule has 35 heavy (non-hydrogen) atoms. The smallest absolute Gasteiger partial charge is 0.329 e. The van der Waals surface area contributed by atoms with E-state index in [2.05, 4.69) is 0 Å². The van der Waals surface area contributed by atoms with Gasteiger partial charge in [-0.3, -0.25) is 4.79 Å². The van der Waals surface area contributed by atoms with Crippen LogP contribution in [0.2, 0.25) is 0 Å². The van der Waals surface area contributed by atoms with E-state index in [-0.39, 0.29) is 4.90 Å². The molecule has 0 unspecified atom stereocenters. The molecule has 178 valence electrons. The maximum absolute atomic E-state index is 13.6. The molecule has 0 saturated heterocycles. The van der Waals surface area contributed by atoms with Gasteiger partial charge in [-0.15, -0.1) is 0 Å². The molecule has 4 aromatic carbocycles. The molecule has 0 N–H and O–H groups in total. The highest BCUT2D eigenvalue weighted by atomic mass is 32.2. The number of esters is 1. The molecule has 0 spiro atoms. The van der Waals surface area contributed by atoms with Gasteiger partial charge in [-0.1, -0.05) is 70.2 Å². The van der Waals surface area contributed by atoms with Gasteiger partial charge in [-0.25, -0.2) is 0 Å². The lowest BCUT2D eigenvalue weighted by Crippen LogP contribution is -2.28. The Hall–Kier alpha value is -3.31. The molecule has 0 aliphatic heterocycles. The number of rotatable bonds is 8. The average molecular weight is 506 g/mol. The Morgan fingerprint density at radius 3 is 1.74 bits per heavy atom. The van der Waals surface area contributed by atoms with Gasteiger partial charge < -0.3 is 4.74 Å². The summed E-state index contributed by atoms with van der Waals surface area (Å²) in [5.74, 6) is 0.0264. The predicted octanol–water partition coefficient (Wildman–Crippen LogP) is 5.41. The van der Waals surface area contributed by atoms with Gasteiger partial charge in [0, 0.05) is 6.92 Å². The van der Waals surface area contributed by atoms with Crippen LogP contribution in [-0.4, -0.2) is 14.4 Å². The summed E-state index contributed by atoms with van der Waals surface area (Å²) in [6.07, 6.45) is 0.340. The van der Waals surface area contributed by atoms with E-state index in [4.69, 9.17) is 8.71 Å². The third-order valence-corrected chi connectivity index (χ3v) is 11.2. The first-order valence-corrected chi connectivity index (χ1v) is 14.4. The predicted molar refractivity (Wildman–Crippen MR) is 140 cm³/mol. The number of carbonyl (C=O) groups is 1. The number of ether oxygens (including phenoxy) is 1. The maximum Gasteiger partial charge on any atom is 0.329 e. The first kappa shape index (κ1) is 24.8. The van der Waals surface area contributed by atoms with Crippen LogP contribution in [0.5, 0.6) is 5.75 Å². The molecule has 0 heterocycles. The molecule has 0 fully saturated rings. The number of hydrogen-bond acceptors (Lipinski definition) is 5. The van der Waals surface area contributed by atoms with Gasteiger partial charge >= 0.3 is 16.1 Å². The zero-order valence-corrected chi connectivity index (χ0v) is 21.2. The SMILES string of the molecule is CC(=O)Oc1ccc(C[P+](OS(=O)(=O)c2ccc(C)cc2)(c2ccccc2)c2ccccc2)cc1. The third kappa shape index (κ3) is 5.85. The number of carbonyl (C=O) groups excluding carboxylic acids is 1. The highest BCUT2D eigenvalue weighted by Crippen LogP contribution is 2.62. The summed E-state index contributed by atoms with van der Waals surface area (Å²) < 4.78 is 38.7. The fourth-order valence-electron chi connectivity index (χ4n) is 3.78. The largest absolute Gasteiger partial charge is 0.427 e. The minimum absolute atomic E-state index is 0.115. The Labute approximate surface area is 206 Å². The summed E-state index contributed by atoms with van der Waals surface area (Å²) >= 11 is 0. The Balaban J connectivity index is 1.86. The van der Waals surface area contributed by atoms with Crippen LogP contribution in [0, 0.1) is 6.92 Å². The van der Waals surface area contributed by atoms with Crippen molar-refractivity contribution in [2.45, 2.75) is 24.9 Å². The van der Waals surface area contributed by atoms with Gasteiger partial charge in [0.2, 0.25) is 7.49 Å². The molecule has 0 radical (unpaired) electrons. The van der Waals surface area contributed by atoms with Crippen molar-refractivity contribution in [1.29, 1.82) is 0 Å². The molecule has 0 amide bonds. The monoisotopic (exact) mass is 505 g/mol. The zero-order valence-electron chi connectivity index (χ0n) is 19.5. The highest BCUT2D eigenvalue weighted by molar-refractivity contribution is 7.98. The van der Waals surface area contributed by atoms with Crippen LogP contribution in [0.15, 0.2) is 114 Å². The Morgan fingerprint density at radius 2 is 1.26 bits per heavy atom. The standard InChI is InChI=1S/C28H26O5PS/c1-22-13-19-28(20-14-22)35(30,31)33-34(26-9-5-3-6-10-26,27-11-7-4-8-12-27)21-24-15-17-25(18-16-24)32-23(2)29/h3-20H,21H2,1-2H3/q+1. The van der Waals surface area contributed by atoms with Gasteiger partial charge in [-0.05, 0) is 61.0 Å². The number of aryl methyl sites for hydroxylation is 1. The molecule has 7 heteroatoms. The van der Waals surface area contributed by atoms with Gasteiger partial charge in [-0.2, -0.15) is 8.42 Å². The summed E-state index contributed by atoms with van der Waals surface area (Å²) in [7, 11) is -7.06. The van der Waals surface area contributed by atoms with E-state index in [1.54, 1.807) is 36.4 Å². The van der Waals surface area contributed by atoms with Gasteiger partial charge in [0.15, 0.2) is 0 Å². The fourth-order valence-corrected chi connectivity index (χ4v) is 9.53. The van der Waals surface area contributed by atoms with Crippen LogP contribution in [0.1, 0.15) is 18.1 Å². The Morgan fingerprint density at radius 1 is 0.743 bits per heavy atom. The van der Waals surface area contributed by atoms with Crippen molar-refractivity contribution in [2.24, 2.45) is 0 Å². The summed E-state index contributed by atoms with van der Waals surface area (Å²) in [5.41, 5.74) is 1.82. The van der Waals surface area contributed by atoms with E-state index < -0.39 is 23.6 Å². The van der Waals surface area contributed by atoms with Crippen molar-refractivity contribution in [3.8, 4) is 5.75 Å². The molecular weight excluding hydrogens is 479 g/mol. The summed E-state index contributed by atoms with van der Waals surface area (Å²) in [6, 6.07) is 32.7. The molecular formula is C28H26O5PS+. The van der Waals surface area contributed by atoms with Gasteiger partial charge in [0.1, 0.15) is 22.5 Å². The van der Waals surface area contributed by atoms with E-state index in [1.807, 2.05) is 79.7 Å². The van der Waals surface area contributed by atoms with E-state index in [0.717, 1.165) is 21.7 Å². The van der Waals surface area contributed by atoms with Gasteiger partial charge in [0.05, 0.1) is 4.90 Å². The molecule has 4 aromatic rings. The lowest BCUT2D eigenvalue weighted by Gasteiger charge is -2.25. The van der Waals surface area contributed by atoms with Crippen molar-refractivity contribution in [3.63, 3.8) is 0 Å². The van der Waals surface area contributed by atoms with Crippen LogP contribution in [0.25, 0.3) is 0 Å². The van der Waals surface area contributed by atoms with Crippen molar-refractivity contribution in [3.05, 3.63) is 120 Å².